The van der Waals surface area contributed by atoms with Gasteiger partial charge in [-0.25, -0.2) is 13.2 Å². The summed E-state index contributed by atoms with van der Waals surface area (Å²) in [6.07, 6.45) is 0.155. The van der Waals surface area contributed by atoms with Crippen LogP contribution in [-0.2, 0) is 14.6 Å². The molecule has 8 heteroatoms. The molecule has 2 rings (SSSR count). The van der Waals surface area contributed by atoms with Gasteiger partial charge in [-0.3, -0.25) is 9.69 Å². The van der Waals surface area contributed by atoms with E-state index in [-0.39, 0.29) is 37.0 Å². The van der Waals surface area contributed by atoms with Crippen LogP contribution >= 0.6 is 0 Å². The molecular formula is C10H16N2O5S. The average Bonchev–Trinajstić information content (AvgIpc) is 2.71. The number of aliphatic hydroxyl groups excluding tert-OH is 1. The quantitative estimate of drug-likeness (QED) is 0.655. The predicted octanol–water partition coefficient (Wildman–Crippen LogP) is -1.18. The summed E-state index contributed by atoms with van der Waals surface area (Å²) in [6, 6.07) is -1.59. The summed E-state index contributed by atoms with van der Waals surface area (Å²) in [7, 11) is -3.22. The van der Waals surface area contributed by atoms with E-state index >= 15 is 0 Å². The third-order valence-electron chi connectivity index (χ3n) is 3.39. The summed E-state index contributed by atoms with van der Waals surface area (Å²) in [5.41, 5.74) is 0. The number of hydrogen-bond acceptors (Lipinski definition) is 5. The lowest BCUT2D eigenvalue weighted by Crippen LogP contribution is -2.42. The molecule has 0 aromatic carbocycles. The van der Waals surface area contributed by atoms with Crippen LogP contribution in [0, 0.1) is 0 Å². The highest BCUT2D eigenvalue weighted by atomic mass is 32.2. The molecule has 2 atom stereocenters. The molecule has 0 saturated carbocycles. The number of aliphatic hydroxyl groups is 1. The zero-order valence-corrected chi connectivity index (χ0v) is 10.9. The Morgan fingerprint density at radius 2 is 2.00 bits per heavy atom. The van der Waals surface area contributed by atoms with Crippen LogP contribution in [0.5, 0.6) is 0 Å². The lowest BCUT2D eigenvalue weighted by molar-refractivity contribution is -0.128. The van der Waals surface area contributed by atoms with Gasteiger partial charge in [0.2, 0.25) is 5.91 Å². The van der Waals surface area contributed by atoms with E-state index in [1.807, 2.05) is 0 Å². The Kier molecular flexibility index (Phi) is 3.33. The van der Waals surface area contributed by atoms with E-state index in [1.54, 1.807) is 6.92 Å². The molecule has 2 heterocycles. The van der Waals surface area contributed by atoms with Gasteiger partial charge in [0.15, 0.2) is 9.84 Å². The summed E-state index contributed by atoms with van der Waals surface area (Å²) < 4.78 is 23.2. The molecular weight excluding hydrogens is 260 g/mol. The van der Waals surface area contributed by atoms with Crippen molar-refractivity contribution < 1.29 is 23.1 Å². The first-order valence-corrected chi connectivity index (χ1v) is 7.67. The number of amides is 3. The minimum absolute atomic E-state index is 0.0585. The van der Waals surface area contributed by atoms with Crippen LogP contribution in [0.3, 0.4) is 0 Å². The van der Waals surface area contributed by atoms with Crippen molar-refractivity contribution in [2.45, 2.75) is 25.4 Å². The van der Waals surface area contributed by atoms with Crippen molar-refractivity contribution in [2.24, 2.45) is 0 Å². The Bertz CT molecular complexity index is 475. The standard InChI is InChI=1S/C10H16N2O5S/c1-2-9(14)12-8-6-18(16,17)5-7(8)11(3-4-13)10(12)15/h7-8,13H,2-6H2,1H3/t7-,8+/m1/s1. The minimum atomic E-state index is -3.22. The third kappa shape index (κ3) is 1.99. The lowest BCUT2D eigenvalue weighted by atomic mass is 10.1. The number of β-amino-alcohol motifs (C(OH)–C–C–N with tert-alkyl or cyclic N) is 1. The van der Waals surface area contributed by atoms with Crippen molar-refractivity contribution in [1.82, 2.24) is 9.80 Å². The maximum atomic E-state index is 12.0. The van der Waals surface area contributed by atoms with Gasteiger partial charge in [-0.15, -0.1) is 0 Å². The van der Waals surface area contributed by atoms with Crippen molar-refractivity contribution in [3.8, 4) is 0 Å². The van der Waals surface area contributed by atoms with Crippen LogP contribution < -0.4 is 0 Å². The summed E-state index contributed by atoms with van der Waals surface area (Å²) in [5, 5.41) is 8.93. The molecule has 0 spiro atoms. The smallest absolute Gasteiger partial charge is 0.327 e. The van der Waals surface area contributed by atoms with Gasteiger partial charge in [0.05, 0.1) is 30.2 Å². The van der Waals surface area contributed by atoms with Crippen LogP contribution in [0.15, 0.2) is 0 Å². The Morgan fingerprint density at radius 1 is 1.39 bits per heavy atom. The van der Waals surface area contributed by atoms with Gasteiger partial charge in [0.1, 0.15) is 0 Å². The highest BCUT2D eigenvalue weighted by Crippen LogP contribution is 2.31. The molecule has 1 N–H and O–H groups in total. The van der Waals surface area contributed by atoms with Crippen molar-refractivity contribution >= 4 is 21.8 Å². The van der Waals surface area contributed by atoms with Crippen LogP contribution in [0.2, 0.25) is 0 Å². The molecule has 0 aliphatic carbocycles. The SMILES string of the molecule is CCC(=O)N1C(=O)N(CCO)[C@@H]2CS(=O)(=O)C[C@@H]21. The van der Waals surface area contributed by atoms with Gasteiger partial charge < -0.3 is 10.0 Å². The highest BCUT2D eigenvalue weighted by molar-refractivity contribution is 7.91. The maximum Gasteiger partial charge on any atom is 0.327 e. The van der Waals surface area contributed by atoms with E-state index < -0.39 is 28.0 Å². The van der Waals surface area contributed by atoms with E-state index in [4.69, 9.17) is 5.11 Å². The molecule has 0 unspecified atom stereocenters. The average molecular weight is 276 g/mol. The van der Waals surface area contributed by atoms with Crippen LogP contribution in [0.1, 0.15) is 13.3 Å². The van der Waals surface area contributed by atoms with Crippen molar-refractivity contribution in [3.63, 3.8) is 0 Å². The Hall–Kier alpha value is -1.15. The van der Waals surface area contributed by atoms with Gasteiger partial charge in [-0.1, -0.05) is 6.92 Å². The zero-order valence-electron chi connectivity index (χ0n) is 10.1. The molecule has 3 amide bonds. The normalized spacial score (nSPS) is 29.8. The number of sulfone groups is 1. The summed E-state index contributed by atoms with van der Waals surface area (Å²) in [4.78, 5) is 26.1. The Morgan fingerprint density at radius 3 is 2.56 bits per heavy atom. The Balaban J connectivity index is 2.33. The van der Waals surface area contributed by atoms with E-state index in [1.165, 1.54) is 4.90 Å². The Labute approximate surface area is 105 Å². The second-order valence-electron chi connectivity index (χ2n) is 4.53. The monoisotopic (exact) mass is 276 g/mol. The molecule has 0 radical (unpaired) electrons. The fourth-order valence-corrected chi connectivity index (χ4v) is 4.56. The van der Waals surface area contributed by atoms with Crippen LogP contribution in [-0.4, -0.2) is 72.0 Å². The number of imide groups is 1. The first-order chi connectivity index (χ1) is 8.41. The molecule has 0 bridgehead atoms. The van der Waals surface area contributed by atoms with E-state index in [9.17, 15) is 18.0 Å². The number of hydrogen-bond donors (Lipinski definition) is 1. The molecule has 18 heavy (non-hydrogen) atoms. The van der Waals surface area contributed by atoms with Crippen molar-refractivity contribution in [2.75, 3.05) is 24.7 Å². The number of rotatable bonds is 3. The highest BCUT2D eigenvalue weighted by Gasteiger charge is 2.54. The topological polar surface area (TPSA) is 95.0 Å². The maximum absolute atomic E-state index is 12.0. The zero-order chi connectivity index (χ0) is 13.5. The number of urea groups is 1. The van der Waals surface area contributed by atoms with Crippen molar-refractivity contribution in [3.05, 3.63) is 0 Å². The summed E-state index contributed by atoms with van der Waals surface area (Å²) >= 11 is 0. The van der Waals surface area contributed by atoms with Gasteiger partial charge in [-0.05, 0) is 0 Å². The summed E-state index contributed by atoms with van der Waals surface area (Å²) in [5.74, 6) is -0.666. The van der Waals surface area contributed by atoms with Gasteiger partial charge in [0, 0.05) is 13.0 Å². The predicted molar refractivity (Wildman–Crippen MR) is 62.6 cm³/mol. The molecule has 0 aromatic heterocycles. The molecule has 102 valence electrons. The number of carbonyl (C=O) groups is 2. The fourth-order valence-electron chi connectivity index (χ4n) is 2.61. The van der Waals surface area contributed by atoms with E-state index in [2.05, 4.69) is 0 Å². The molecule has 2 aliphatic heterocycles. The fraction of sp³-hybridized carbons (Fsp3) is 0.800. The van der Waals surface area contributed by atoms with Gasteiger partial charge >= 0.3 is 6.03 Å². The van der Waals surface area contributed by atoms with E-state index in [0.717, 1.165) is 4.90 Å². The van der Waals surface area contributed by atoms with Crippen LogP contribution in [0.25, 0.3) is 0 Å². The second kappa shape index (κ2) is 4.51. The minimum Gasteiger partial charge on any atom is -0.395 e. The molecule has 0 aromatic rings. The second-order valence-corrected chi connectivity index (χ2v) is 6.68. The number of carbonyl (C=O) groups excluding carboxylic acids is 2. The first kappa shape index (κ1) is 13.3. The van der Waals surface area contributed by atoms with Gasteiger partial charge in [-0.2, -0.15) is 0 Å². The third-order valence-corrected chi connectivity index (χ3v) is 5.09. The molecule has 2 saturated heterocycles. The van der Waals surface area contributed by atoms with E-state index in [0.29, 0.717) is 0 Å². The lowest BCUT2D eigenvalue weighted by Gasteiger charge is -2.20. The van der Waals surface area contributed by atoms with Gasteiger partial charge in [0.25, 0.3) is 0 Å². The van der Waals surface area contributed by atoms with Crippen molar-refractivity contribution in [1.29, 1.82) is 0 Å². The first-order valence-electron chi connectivity index (χ1n) is 5.85. The molecule has 7 nitrogen and oxygen atoms in total. The summed E-state index contributed by atoms with van der Waals surface area (Å²) in [6.45, 7) is 1.44. The number of nitrogens with zero attached hydrogens (tertiary/aromatic N) is 2. The largest absolute Gasteiger partial charge is 0.395 e. The van der Waals surface area contributed by atoms with Crippen LogP contribution in [0.4, 0.5) is 4.79 Å². The molecule has 2 fully saturated rings. The number of fused-ring (bicyclic) bond motifs is 1. The molecule has 2 aliphatic rings.